The molecule has 2 N–H and O–H groups in total. The molecular formula is C24H17ClN2O5S2. The van der Waals surface area contributed by atoms with Gasteiger partial charge in [-0.2, -0.15) is 5.01 Å². The van der Waals surface area contributed by atoms with Crippen LogP contribution in [0.15, 0.2) is 57.9 Å². The molecule has 7 nitrogen and oxygen atoms in total. The van der Waals surface area contributed by atoms with Crippen molar-refractivity contribution < 1.29 is 23.9 Å². The molecule has 2 heterocycles. The molecule has 1 saturated heterocycles. The van der Waals surface area contributed by atoms with Gasteiger partial charge in [0.1, 0.15) is 11.5 Å². The second-order valence-electron chi connectivity index (χ2n) is 7.43. The van der Waals surface area contributed by atoms with Gasteiger partial charge >= 0.3 is 5.97 Å². The van der Waals surface area contributed by atoms with Crippen molar-refractivity contribution in [2.45, 2.75) is 13.8 Å². The number of carboxylic acids is 1. The van der Waals surface area contributed by atoms with Gasteiger partial charge in [-0.25, -0.2) is 4.79 Å². The molecule has 0 atom stereocenters. The Morgan fingerprint density at radius 1 is 1.15 bits per heavy atom. The molecule has 0 radical (unpaired) electrons. The molecule has 0 spiro atoms. The van der Waals surface area contributed by atoms with Crippen LogP contribution in [0.5, 0.6) is 0 Å². The van der Waals surface area contributed by atoms with Gasteiger partial charge in [-0.15, -0.1) is 0 Å². The molecule has 0 aliphatic carbocycles. The summed E-state index contributed by atoms with van der Waals surface area (Å²) in [5.41, 5.74) is 5.00. The lowest BCUT2D eigenvalue weighted by atomic mass is 10.0. The van der Waals surface area contributed by atoms with Gasteiger partial charge in [0.2, 0.25) is 0 Å². The number of hydrazine groups is 1. The lowest BCUT2D eigenvalue weighted by Crippen LogP contribution is -2.44. The summed E-state index contributed by atoms with van der Waals surface area (Å²) in [6.07, 6.45) is 1.52. The third-order valence-corrected chi connectivity index (χ3v) is 6.72. The van der Waals surface area contributed by atoms with Crippen molar-refractivity contribution >= 4 is 63.8 Å². The molecule has 0 bridgehead atoms. The number of carboxylic acid groups (broad SMARTS) is 1. The Bertz CT molecular complexity index is 1400. The Morgan fingerprint density at radius 3 is 2.62 bits per heavy atom. The van der Waals surface area contributed by atoms with Crippen molar-refractivity contribution in [3.05, 3.63) is 86.5 Å². The summed E-state index contributed by atoms with van der Waals surface area (Å²) in [6.45, 7) is 3.56. The summed E-state index contributed by atoms with van der Waals surface area (Å²) in [5.74, 6) is -1.25. The highest BCUT2D eigenvalue weighted by Gasteiger charge is 2.34. The number of halogens is 1. The van der Waals surface area contributed by atoms with Gasteiger partial charge in [-0.05, 0) is 67.5 Å². The Hall–Kier alpha value is -3.40. The summed E-state index contributed by atoms with van der Waals surface area (Å²) in [5, 5.41) is 10.6. The van der Waals surface area contributed by atoms with E-state index in [0.717, 1.165) is 22.3 Å². The van der Waals surface area contributed by atoms with Gasteiger partial charge < -0.3 is 9.52 Å². The molecule has 0 saturated carbocycles. The van der Waals surface area contributed by atoms with E-state index in [4.69, 9.17) is 28.2 Å². The van der Waals surface area contributed by atoms with E-state index in [1.807, 2.05) is 6.92 Å². The number of hydrogen-bond acceptors (Lipinski definition) is 6. The van der Waals surface area contributed by atoms with E-state index in [1.54, 1.807) is 49.4 Å². The molecule has 0 unspecified atom stereocenters. The van der Waals surface area contributed by atoms with Gasteiger partial charge in [-0.1, -0.05) is 41.6 Å². The van der Waals surface area contributed by atoms with E-state index in [0.29, 0.717) is 22.6 Å². The van der Waals surface area contributed by atoms with Crippen LogP contribution in [0, 0.1) is 13.8 Å². The van der Waals surface area contributed by atoms with Gasteiger partial charge in [-0.3, -0.25) is 15.0 Å². The maximum absolute atomic E-state index is 12.9. The normalized spacial score (nSPS) is 14.7. The molecule has 2 aromatic carbocycles. The molecule has 1 aliphatic rings. The monoisotopic (exact) mass is 512 g/mol. The average molecular weight is 513 g/mol. The van der Waals surface area contributed by atoms with Crippen LogP contribution in [0.3, 0.4) is 0 Å². The number of benzene rings is 2. The van der Waals surface area contributed by atoms with Gasteiger partial charge in [0.05, 0.1) is 21.1 Å². The number of nitrogens with zero attached hydrogens (tertiary/aromatic N) is 1. The first-order chi connectivity index (χ1) is 16.2. The number of thiocarbonyl (C=S) groups is 1. The lowest BCUT2D eigenvalue weighted by molar-refractivity contribution is -0.123. The van der Waals surface area contributed by atoms with Crippen LogP contribution in [0.4, 0.5) is 0 Å². The topological polar surface area (TPSA) is 99.9 Å². The second kappa shape index (κ2) is 9.46. The first-order valence-electron chi connectivity index (χ1n) is 9.94. The van der Waals surface area contributed by atoms with Crippen LogP contribution in [0.2, 0.25) is 5.02 Å². The maximum atomic E-state index is 12.9. The average Bonchev–Trinajstić information content (AvgIpc) is 3.33. The van der Waals surface area contributed by atoms with E-state index in [-0.39, 0.29) is 25.4 Å². The number of hydrogen-bond donors (Lipinski definition) is 2. The van der Waals surface area contributed by atoms with E-state index >= 15 is 0 Å². The van der Waals surface area contributed by atoms with Crippen LogP contribution >= 0.6 is 35.6 Å². The van der Waals surface area contributed by atoms with E-state index in [1.165, 1.54) is 12.1 Å². The van der Waals surface area contributed by atoms with Crippen molar-refractivity contribution in [2.75, 3.05) is 0 Å². The second-order valence-corrected chi connectivity index (χ2v) is 9.51. The SMILES string of the molecule is Cc1ccc(C(=O)NN2C(=O)/C(=C/c3ccc(-c4cccc(C(=O)O)c4C)o3)SC2=S)c(Cl)c1. The summed E-state index contributed by atoms with van der Waals surface area (Å²) in [6, 6.07) is 13.3. The van der Waals surface area contributed by atoms with Crippen LogP contribution in [-0.2, 0) is 4.79 Å². The fourth-order valence-electron chi connectivity index (χ4n) is 3.37. The first kappa shape index (κ1) is 23.7. The van der Waals surface area contributed by atoms with E-state index in [2.05, 4.69) is 5.43 Å². The minimum absolute atomic E-state index is 0.157. The number of amides is 2. The molecule has 1 aliphatic heterocycles. The Balaban J connectivity index is 1.54. The number of aromatic carboxylic acids is 1. The highest BCUT2D eigenvalue weighted by atomic mass is 35.5. The smallest absolute Gasteiger partial charge is 0.335 e. The highest BCUT2D eigenvalue weighted by Crippen LogP contribution is 2.34. The van der Waals surface area contributed by atoms with Gasteiger partial charge in [0, 0.05) is 11.6 Å². The summed E-state index contributed by atoms with van der Waals surface area (Å²) >= 11 is 12.4. The molecule has 172 valence electrons. The largest absolute Gasteiger partial charge is 0.478 e. The fraction of sp³-hybridized carbons (Fsp3) is 0.0833. The van der Waals surface area contributed by atoms with Gasteiger partial charge in [0.25, 0.3) is 11.8 Å². The van der Waals surface area contributed by atoms with Crippen molar-refractivity contribution in [2.24, 2.45) is 0 Å². The van der Waals surface area contributed by atoms with Gasteiger partial charge in [0.15, 0.2) is 4.32 Å². The number of nitrogens with one attached hydrogen (secondary N) is 1. The number of carbonyl (C=O) groups excluding carboxylic acids is 2. The van der Waals surface area contributed by atoms with Crippen LogP contribution in [-0.4, -0.2) is 32.2 Å². The summed E-state index contributed by atoms with van der Waals surface area (Å²) in [7, 11) is 0. The fourth-order valence-corrected chi connectivity index (χ4v) is 4.85. The van der Waals surface area contributed by atoms with E-state index in [9.17, 15) is 19.5 Å². The van der Waals surface area contributed by atoms with E-state index < -0.39 is 17.8 Å². The van der Waals surface area contributed by atoms with Crippen molar-refractivity contribution in [1.29, 1.82) is 0 Å². The number of furan rings is 1. The number of rotatable bonds is 5. The minimum atomic E-state index is -1.02. The van der Waals surface area contributed by atoms with Crippen LogP contribution < -0.4 is 5.43 Å². The first-order valence-corrected chi connectivity index (χ1v) is 11.5. The highest BCUT2D eigenvalue weighted by molar-refractivity contribution is 8.26. The zero-order valence-corrected chi connectivity index (χ0v) is 20.3. The Kier molecular flexibility index (Phi) is 6.60. The zero-order chi connectivity index (χ0) is 24.6. The molecule has 4 rings (SSSR count). The molecule has 1 aromatic heterocycles. The molecule has 34 heavy (non-hydrogen) atoms. The molecule has 3 aromatic rings. The van der Waals surface area contributed by atoms with Crippen LogP contribution in [0.1, 0.15) is 37.6 Å². The summed E-state index contributed by atoms with van der Waals surface area (Å²) in [4.78, 5) is 37.2. The third kappa shape index (κ3) is 4.63. The number of aryl methyl sites for hydroxylation is 1. The quantitative estimate of drug-likeness (QED) is 0.346. The zero-order valence-electron chi connectivity index (χ0n) is 17.9. The third-order valence-electron chi connectivity index (χ3n) is 5.11. The maximum Gasteiger partial charge on any atom is 0.335 e. The predicted molar refractivity (Wildman–Crippen MR) is 135 cm³/mol. The molecule has 10 heteroatoms. The molecule has 2 amide bonds. The minimum Gasteiger partial charge on any atom is -0.478 e. The van der Waals surface area contributed by atoms with Crippen molar-refractivity contribution in [1.82, 2.24) is 10.4 Å². The number of carbonyl (C=O) groups is 3. The predicted octanol–water partition coefficient (Wildman–Crippen LogP) is 5.46. The lowest BCUT2D eigenvalue weighted by Gasteiger charge is -2.16. The van der Waals surface area contributed by atoms with Crippen molar-refractivity contribution in [3.63, 3.8) is 0 Å². The Labute approximate surface area is 209 Å². The van der Waals surface area contributed by atoms with Crippen LogP contribution in [0.25, 0.3) is 17.4 Å². The Morgan fingerprint density at radius 2 is 1.91 bits per heavy atom. The summed E-state index contributed by atoms with van der Waals surface area (Å²) < 4.78 is 6.00. The van der Waals surface area contributed by atoms with Crippen molar-refractivity contribution in [3.8, 4) is 11.3 Å². The standard InChI is InChI=1S/C24H17ClN2O5S2/c1-12-6-8-17(18(25)10-12)21(28)26-27-22(29)20(34-24(27)33)11-14-7-9-19(32-14)15-4-3-5-16(13(15)2)23(30)31/h3-11H,1-2H3,(H,26,28)(H,30,31)/b20-11-. The number of thioether (sulfide) groups is 1. The molecular weight excluding hydrogens is 496 g/mol. The molecule has 1 fully saturated rings.